The van der Waals surface area contributed by atoms with Crippen molar-refractivity contribution in [2.45, 2.75) is 32.3 Å². The van der Waals surface area contributed by atoms with Gasteiger partial charge in [-0.25, -0.2) is 0 Å². The molecule has 1 atom stereocenters. The van der Waals surface area contributed by atoms with Crippen LogP contribution in [0.15, 0.2) is 53.3 Å². The van der Waals surface area contributed by atoms with E-state index in [1.54, 1.807) is 19.1 Å². The van der Waals surface area contributed by atoms with Crippen LogP contribution in [0.25, 0.3) is 11.5 Å². The zero-order valence-corrected chi connectivity index (χ0v) is 14.4. The first-order chi connectivity index (χ1) is 12.7. The second kappa shape index (κ2) is 7.00. The summed E-state index contributed by atoms with van der Waals surface area (Å²) in [5, 5.41) is 10.4. The van der Waals surface area contributed by atoms with E-state index in [4.69, 9.17) is 9.15 Å². The van der Waals surface area contributed by atoms with Gasteiger partial charge in [-0.05, 0) is 73.7 Å². The van der Waals surface area contributed by atoms with Crippen molar-refractivity contribution in [1.29, 1.82) is 0 Å². The van der Waals surface area contributed by atoms with Gasteiger partial charge in [0.25, 0.3) is 5.91 Å². The Bertz CT molecular complexity index is 905. The highest BCUT2D eigenvalue weighted by Crippen LogP contribution is 2.25. The molecule has 2 aromatic carbocycles. The van der Waals surface area contributed by atoms with Gasteiger partial charge in [-0.3, -0.25) is 4.79 Å². The van der Waals surface area contributed by atoms with Gasteiger partial charge in [-0.1, -0.05) is 6.07 Å². The largest absolute Gasteiger partial charge is 0.481 e. The van der Waals surface area contributed by atoms with Crippen LogP contribution in [0.3, 0.4) is 0 Å². The predicted octanol–water partition coefficient (Wildman–Crippen LogP) is 3.63. The molecular formula is C20H19N3O3. The van der Waals surface area contributed by atoms with Gasteiger partial charge in [0.1, 0.15) is 5.75 Å². The molecule has 6 heteroatoms. The Morgan fingerprint density at radius 1 is 1.15 bits per heavy atom. The van der Waals surface area contributed by atoms with E-state index < -0.39 is 6.10 Å². The monoisotopic (exact) mass is 349 g/mol. The van der Waals surface area contributed by atoms with E-state index in [0.717, 1.165) is 24.1 Å². The van der Waals surface area contributed by atoms with Crippen LogP contribution in [0.1, 0.15) is 24.5 Å². The number of aromatic nitrogens is 2. The minimum Gasteiger partial charge on any atom is -0.481 e. The molecule has 26 heavy (non-hydrogen) atoms. The first-order valence-electron chi connectivity index (χ1n) is 8.65. The van der Waals surface area contributed by atoms with Gasteiger partial charge in [0, 0.05) is 11.3 Å². The van der Waals surface area contributed by atoms with E-state index in [2.05, 4.69) is 27.6 Å². The number of hydrogen-bond acceptors (Lipinski definition) is 5. The van der Waals surface area contributed by atoms with Crippen molar-refractivity contribution in [1.82, 2.24) is 10.2 Å². The van der Waals surface area contributed by atoms with E-state index in [1.807, 2.05) is 18.2 Å². The number of anilines is 1. The quantitative estimate of drug-likeness (QED) is 0.761. The van der Waals surface area contributed by atoms with Crippen LogP contribution < -0.4 is 10.1 Å². The number of nitrogens with one attached hydrogen (secondary N) is 1. The Balaban J connectivity index is 1.38. The van der Waals surface area contributed by atoms with E-state index >= 15 is 0 Å². The molecule has 0 saturated carbocycles. The lowest BCUT2D eigenvalue weighted by Gasteiger charge is -2.15. The van der Waals surface area contributed by atoms with Crippen molar-refractivity contribution in [3.05, 3.63) is 60.0 Å². The van der Waals surface area contributed by atoms with Crippen molar-refractivity contribution >= 4 is 11.6 Å². The van der Waals surface area contributed by atoms with E-state index in [-0.39, 0.29) is 5.91 Å². The number of amides is 1. The molecule has 0 saturated heterocycles. The van der Waals surface area contributed by atoms with Gasteiger partial charge in [0.2, 0.25) is 12.3 Å². The number of benzene rings is 2. The number of ether oxygens (including phenoxy) is 1. The third kappa shape index (κ3) is 3.44. The maximum Gasteiger partial charge on any atom is 0.265 e. The number of nitrogens with zero attached hydrogens (tertiary/aromatic N) is 2. The Kier molecular flexibility index (Phi) is 4.39. The van der Waals surface area contributed by atoms with Crippen LogP contribution in [0.2, 0.25) is 0 Å². The van der Waals surface area contributed by atoms with Gasteiger partial charge in [-0.15, -0.1) is 10.2 Å². The summed E-state index contributed by atoms with van der Waals surface area (Å²) in [6.07, 6.45) is 4.06. The molecule has 0 unspecified atom stereocenters. The highest BCUT2D eigenvalue weighted by Gasteiger charge is 2.17. The highest BCUT2D eigenvalue weighted by atomic mass is 16.5. The number of hydrogen-bond donors (Lipinski definition) is 1. The smallest absolute Gasteiger partial charge is 0.265 e. The zero-order valence-electron chi connectivity index (χ0n) is 14.4. The maximum atomic E-state index is 12.4. The lowest BCUT2D eigenvalue weighted by molar-refractivity contribution is -0.122. The van der Waals surface area contributed by atoms with E-state index in [9.17, 15) is 4.79 Å². The number of carbonyl (C=O) groups is 1. The average Bonchev–Trinajstić information content (AvgIpc) is 3.33. The molecule has 0 spiro atoms. The Labute approximate surface area is 151 Å². The van der Waals surface area contributed by atoms with Crippen molar-refractivity contribution < 1.29 is 13.9 Å². The molecule has 6 nitrogen and oxygen atoms in total. The summed E-state index contributed by atoms with van der Waals surface area (Å²) in [4.78, 5) is 12.4. The standard InChI is InChI=1S/C20H19N3O3/c1-13(19(24)22-17-8-5-14-3-2-4-16(14)11-17)26-18-9-6-15(7-10-18)20-23-21-12-25-20/h5-13H,2-4H2,1H3,(H,22,24)/t13-/m1/s1. The molecule has 4 rings (SSSR count). The van der Waals surface area contributed by atoms with Crippen LogP contribution >= 0.6 is 0 Å². The molecule has 1 aromatic heterocycles. The summed E-state index contributed by atoms with van der Waals surface area (Å²) in [5.74, 6) is 0.868. The topological polar surface area (TPSA) is 77.2 Å². The fourth-order valence-corrected chi connectivity index (χ4v) is 3.13. The average molecular weight is 349 g/mol. The predicted molar refractivity (Wildman–Crippen MR) is 96.9 cm³/mol. The van der Waals surface area contributed by atoms with Crippen molar-refractivity contribution in [3.63, 3.8) is 0 Å². The summed E-state index contributed by atoms with van der Waals surface area (Å²) in [7, 11) is 0. The van der Waals surface area contributed by atoms with E-state index in [0.29, 0.717) is 11.6 Å². The maximum absolute atomic E-state index is 12.4. The van der Waals surface area contributed by atoms with Gasteiger partial charge in [-0.2, -0.15) is 0 Å². The van der Waals surface area contributed by atoms with Crippen molar-refractivity contribution in [2.75, 3.05) is 5.32 Å². The second-order valence-electron chi connectivity index (χ2n) is 6.35. The molecule has 1 aliphatic rings. The Morgan fingerprint density at radius 3 is 2.73 bits per heavy atom. The minimum atomic E-state index is -0.613. The molecule has 1 N–H and O–H groups in total. The summed E-state index contributed by atoms with van der Waals surface area (Å²) >= 11 is 0. The van der Waals surface area contributed by atoms with Gasteiger partial charge >= 0.3 is 0 Å². The first kappa shape index (κ1) is 16.3. The fourth-order valence-electron chi connectivity index (χ4n) is 3.13. The fraction of sp³-hybridized carbons (Fsp3) is 0.250. The van der Waals surface area contributed by atoms with Gasteiger partial charge < -0.3 is 14.5 Å². The molecule has 0 bridgehead atoms. The SMILES string of the molecule is C[C@@H](Oc1ccc(-c2nnco2)cc1)C(=O)Nc1ccc2c(c1)CCC2. The molecule has 0 fully saturated rings. The highest BCUT2D eigenvalue weighted by molar-refractivity contribution is 5.94. The molecule has 0 radical (unpaired) electrons. The van der Waals surface area contributed by atoms with Crippen molar-refractivity contribution in [3.8, 4) is 17.2 Å². The third-order valence-electron chi connectivity index (χ3n) is 4.51. The molecule has 3 aromatic rings. The summed E-state index contributed by atoms with van der Waals surface area (Å²) in [6.45, 7) is 1.73. The lowest BCUT2D eigenvalue weighted by Crippen LogP contribution is -2.30. The second-order valence-corrected chi connectivity index (χ2v) is 6.35. The molecule has 1 amide bonds. The molecule has 1 heterocycles. The summed E-state index contributed by atoms with van der Waals surface area (Å²) in [5.41, 5.74) is 4.32. The normalized spacial score (nSPS) is 13.9. The number of carbonyl (C=O) groups excluding carboxylic acids is 1. The minimum absolute atomic E-state index is 0.177. The lowest BCUT2D eigenvalue weighted by atomic mass is 10.1. The van der Waals surface area contributed by atoms with Crippen LogP contribution in [0.5, 0.6) is 5.75 Å². The van der Waals surface area contributed by atoms with Gasteiger partial charge in [0.15, 0.2) is 6.10 Å². The first-order valence-corrected chi connectivity index (χ1v) is 8.65. The molecule has 132 valence electrons. The van der Waals surface area contributed by atoms with Crippen LogP contribution in [-0.2, 0) is 17.6 Å². The molecular weight excluding hydrogens is 330 g/mol. The van der Waals surface area contributed by atoms with Crippen molar-refractivity contribution in [2.24, 2.45) is 0 Å². The number of aryl methyl sites for hydroxylation is 2. The van der Waals surface area contributed by atoms with E-state index in [1.165, 1.54) is 23.9 Å². The number of fused-ring (bicyclic) bond motifs is 1. The third-order valence-corrected chi connectivity index (χ3v) is 4.51. The molecule has 0 aliphatic heterocycles. The summed E-state index contributed by atoms with van der Waals surface area (Å²) in [6, 6.07) is 13.3. The Morgan fingerprint density at radius 2 is 1.96 bits per heavy atom. The zero-order chi connectivity index (χ0) is 17.9. The number of rotatable bonds is 5. The van der Waals surface area contributed by atoms with Crippen LogP contribution in [0.4, 0.5) is 5.69 Å². The van der Waals surface area contributed by atoms with Gasteiger partial charge in [0.05, 0.1) is 0 Å². The van der Waals surface area contributed by atoms with Crippen LogP contribution in [-0.4, -0.2) is 22.2 Å². The Hall–Kier alpha value is -3.15. The molecule has 1 aliphatic carbocycles. The summed E-state index contributed by atoms with van der Waals surface area (Å²) < 4.78 is 10.9. The van der Waals surface area contributed by atoms with Crippen LogP contribution in [0, 0.1) is 0 Å².